The summed E-state index contributed by atoms with van der Waals surface area (Å²) in [6.07, 6.45) is 2.68. The zero-order valence-electron chi connectivity index (χ0n) is 7.26. The third-order valence-corrected chi connectivity index (χ3v) is 1.33. The molecule has 4 nitrogen and oxygen atoms in total. The summed E-state index contributed by atoms with van der Waals surface area (Å²) >= 11 is 9.26. The maximum Gasteiger partial charge on any atom is 1.00 e. The first kappa shape index (κ1) is 17.5. The zero-order valence-corrected chi connectivity index (χ0v) is 15.1. The van der Waals surface area contributed by atoms with E-state index in [4.69, 9.17) is 5.26 Å². The molecule has 13 heavy (non-hydrogen) atoms. The van der Waals surface area contributed by atoms with Crippen LogP contribution in [0.4, 0.5) is 0 Å². The van der Waals surface area contributed by atoms with E-state index >= 15 is 0 Å². The summed E-state index contributed by atoms with van der Waals surface area (Å²) in [5, 5.41) is 12.2. The Balaban J connectivity index is 0. The number of nitriles is 1. The van der Waals surface area contributed by atoms with Crippen LogP contribution in [0, 0.1) is 11.3 Å². The summed E-state index contributed by atoms with van der Waals surface area (Å²) in [5.74, 6) is 0. The van der Waals surface area contributed by atoms with Crippen LogP contribution >= 0.6 is 0 Å². The van der Waals surface area contributed by atoms with Crippen LogP contribution in [0.25, 0.3) is 5.70 Å². The molecule has 1 aromatic heterocycles. The van der Waals surface area contributed by atoms with Crippen molar-refractivity contribution in [3.63, 3.8) is 0 Å². The van der Waals surface area contributed by atoms with Gasteiger partial charge in [-0.2, -0.15) is 10.4 Å². The molecule has 0 amide bonds. The van der Waals surface area contributed by atoms with Gasteiger partial charge >= 0.3 is 103 Å². The van der Waals surface area contributed by atoms with Gasteiger partial charge < -0.3 is 25.3 Å². The maximum absolute atomic E-state index is 8.54. The Kier molecular flexibility index (Phi) is 12.5. The Morgan fingerprint density at radius 2 is 2.00 bits per heavy atom. The quantitative estimate of drug-likeness (QED) is 0.286. The molecule has 0 fully saturated rings. The second kappa shape index (κ2) is 9.32. The Morgan fingerprint density at radius 3 is 2.31 bits per heavy atom. The van der Waals surface area contributed by atoms with Crippen LogP contribution in [-0.2, 0) is 25.3 Å². The van der Waals surface area contributed by atoms with E-state index in [0.717, 1.165) is 0 Å². The van der Waals surface area contributed by atoms with E-state index in [0.29, 0.717) is 0 Å². The van der Waals surface area contributed by atoms with Crippen molar-refractivity contribution in [2.24, 2.45) is 0 Å². The number of rotatable bonds is 1. The van der Waals surface area contributed by atoms with Crippen LogP contribution in [0.5, 0.6) is 0 Å². The van der Waals surface area contributed by atoms with Gasteiger partial charge in [0.2, 0.25) is 0 Å². The van der Waals surface area contributed by atoms with Gasteiger partial charge in [-0.15, -0.1) is 0 Å². The van der Waals surface area contributed by atoms with Crippen LogP contribution in [0.1, 0.15) is 0 Å². The van der Waals surface area contributed by atoms with Crippen molar-refractivity contribution >= 4 is 31.0 Å². The molecule has 0 atom stereocenters. The van der Waals surface area contributed by atoms with Crippen molar-refractivity contribution in [1.82, 2.24) is 14.8 Å². The molecule has 0 aliphatic carbocycles. The normalized spacial score (nSPS) is 7.31. The van der Waals surface area contributed by atoms with Crippen LogP contribution in [-0.4, -0.2) is 14.8 Å². The Labute approximate surface area is 172 Å². The Morgan fingerprint density at radius 1 is 1.38 bits per heavy atom. The van der Waals surface area contributed by atoms with E-state index in [1.165, 1.54) is 17.3 Å². The van der Waals surface area contributed by atoms with Crippen LogP contribution in [0.3, 0.4) is 0 Å². The van der Waals surface area contributed by atoms with Gasteiger partial charge in [-0.1, -0.05) is 0 Å². The van der Waals surface area contributed by atoms with Gasteiger partial charge in [0.05, 0.1) is 5.70 Å². The molecule has 0 bridgehead atoms. The molecule has 1 aromatic rings. The molecule has 0 saturated heterocycles. The minimum Gasteiger partial charge on any atom is -0.805 e. The summed E-state index contributed by atoms with van der Waals surface area (Å²) in [5.41, 5.74) is 0.160. The zero-order chi connectivity index (χ0) is 8.27. The fraction of sp³-hybridized carbons (Fsp3) is 0. The average molecular weight is 260 g/mol. The minimum absolute atomic E-state index is 0. The van der Waals surface area contributed by atoms with Crippen molar-refractivity contribution < 1.29 is 103 Å². The molecule has 1 heterocycles. The topological polar surface area (TPSA) is 54.5 Å². The fourth-order valence-electron chi connectivity index (χ4n) is 0.514. The molecule has 0 aliphatic rings. The van der Waals surface area contributed by atoms with E-state index in [2.05, 4.69) is 35.3 Å². The minimum atomic E-state index is 0. The molecule has 0 radical (unpaired) electrons. The van der Waals surface area contributed by atoms with Crippen molar-refractivity contribution in [3.8, 4) is 6.07 Å². The van der Waals surface area contributed by atoms with Gasteiger partial charge in [0, 0.05) is 0 Å². The molecule has 8 heteroatoms. The number of hydrogen-bond donors (Lipinski definition) is 0. The summed E-state index contributed by atoms with van der Waals surface area (Å²) < 4.78 is 1.34. The first-order valence-electron chi connectivity index (χ1n) is 2.59. The maximum atomic E-state index is 8.54. The van der Waals surface area contributed by atoms with Crippen molar-refractivity contribution in [1.29, 1.82) is 5.26 Å². The number of allylic oxidation sites excluding steroid dienone is 1. The SMILES string of the molecule is N#CC(=C([S-])[S-])n1cncn1.[K+].[K+]. The first-order valence-corrected chi connectivity index (χ1v) is 3.40. The monoisotopic (exact) mass is 260 g/mol. The molecule has 0 unspecified atom stereocenters. The van der Waals surface area contributed by atoms with E-state index in [9.17, 15) is 0 Å². The predicted molar refractivity (Wildman–Crippen MR) is 43.6 cm³/mol. The third kappa shape index (κ3) is 5.65. The summed E-state index contributed by atoms with van der Waals surface area (Å²) in [7, 11) is 0. The van der Waals surface area contributed by atoms with Crippen LogP contribution in [0.2, 0.25) is 0 Å². The molecule has 0 N–H and O–H groups in total. The molecular weight excluding hydrogens is 258 g/mol. The number of hydrogen-bond acceptors (Lipinski definition) is 5. The van der Waals surface area contributed by atoms with Crippen LogP contribution in [0.15, 0.2) is 16.9 Å². The van der Waals surface area contributed by atoms with Crippen molar-refractivity contribution in [2.75, 3.05) is 0 Å². The van der Waals surface area contributed by atoms with Crippen molar-refractivity contribution in [2.45, 2.75) is 0 Å². The molecule has 0 aromatic carbocycles. The first-order chi connectivity index (χ1) is 5.25. The Bertz CT molecular complexity index is 312. The van der Waals surface area contributed by atoms with E-state index in [1.54, 1.807) is 0 Å². The second-order valence-corrected chi connectivity index (χ2v) is 2.66. The number of nitrogens with zero attached hydrogens (tertiary/aromatic N) is 4. The number of aromatic nitrogens is 3. The van der Waals surface area contributed by atoms with Gasteiger partial charge in [0.15, 0.2) is 0 Å². The van der Waals surface area contributed by atoms with Crippen molar-refractivity contribution in [3.05, 3.63) is 16.9 Å². The van der Waals surface area contributed by atoms with E-state index in [1.807, 2.05) is 6.07 Å². The standard InChI is InChI=1S/C5H4N4S2.2K/c6-1-4(5(10)11)9-3-7-2-8-9;;/h2-3,10-11H;;/q;2*+1/p-2. The predicted octanol–water partition coefficient (Wildman–Crippen LogP) is -5.97. The summed E-state index contributed by atoms with van der Waals surface area (Å²) in [4.78, 5) is 3.65. The summed E-state index contributed by atoms with van der Waals surface area (Å²) in [6, 6.07) is 1.84. The molecule has 56 valence electrons. The summed E-state index contributed by atoms with van der Waals surface area (Å²) in [6.45, 7) is 0. The van der Waals surface area contributed by atoms with Gasteiger partial charge in [0.25, 0.3) is 0 Å². The molecule has 1 rings (SSSR count). The van der Waals surface area contributed by atoms with Gasteiger partial charge in [-0.05, 0) is 0 Å². The molecular formula is C5H2K2N4S2. The second-order valence-electron chi connectivity index (χ2n) is 1.59. The van der Waals surface area contributed by atoms with E-state index in [-0.39, 0.29) is 113 Å². The Hall–Kier alpha value is 2.08. The largest absolute Gasteiger partial charge is 1.00 e. The van der Waals surface area contributed by atoms with Gasteiger partial charge in [-0.25, -0.2) is 9.67 Å². The molecule has 0 aliphatic heterocycles. The third-order valence-electron chi connectivity index (χ3n) is 0.947. The van der Waals surface area contributed by atoms with Gasteiger partial charge in [-0.3, -0.25) is 4.24 Å². The smallest absolute Gasteiger partial charge is 0.805 e. The van der Waals surface area contributed by atoms with E-state index < -0.39 is 0 Å². The molecule has 0 saturated carbocycles. The van der Waals surface area contributed by atoms with Crippen LogP contribution < -0.4 is 103 Å². The van der Waals surface area contributed by atoms with Gasteiger partial charge in [0.1, 0.15) is 18.7 Å². The average Bonchev–Trinajstić information content (AvgIpc) is 2.40. The molecule has 0 spiro atoms. The fourth-order valence-corrected chi connectivity index (χ4v) is 0.792.